The first-order valence-corrected chi connectivity index (χ1v) is 12.3. The average Bonchev–Trinajstić information content (AvgIpc) is 3.23. The summed E-state index contributed by atoms with van der Waals surface area (Å²) in [4.78, 5) is 14.8. The van der Waals surface area contributed by atoms with Crippen LogP contribution in [0.3, 0.4) is 0 Å². The molecule has 2 atom stereocenters. The Labute approximate surface area is 208 Å². The fourth-order valence-electron chi connectivity index (χ4n) is 4.33. The van der Waals surface area contributed by atoms with Gasteiger partial charge in [-0.2, -0.15) is 26.3 Å². The second kappa shape index (κ2) is 9.57. The van der Waals surface area contributed by atoms with Gasteiger partial charge in [-0.25, -0.2) is 0 Å². The number of likely N-dealkylation sites (tertiary alicyclic amines) is 1. The summed E-state index contributed by atoms with van der Waals surface area (Å²) in [5.41, 5.74) is -6.56. The van der Waals surface area contributed by atoms with Crippen LogP contribution in [0.15, 0.2) is 59.5 Å². The third-order valence-corrected chi connectivity index (χ3v) is 8.21. The van der Waals surface area contributed by atoms with E-state index in [2.05, 4.69) is 0 Å². The minimum absolute atomic E-state index is 0.0222. The zero-order chi connectivity index (χ0) is 27.2. The van der Waals surface area contributed by atoms with Crippen LogP contribution < -0.4 is 0 Å². The number of rotatable bonds is 5. The van der Waals surface area contributed by atoms with Gasteiger partial charge in [0.05, 0.1) is 6.54 Å². The van der Waals surface area contributed by atoms with Crippen molar-refractivity contribution in [1.29, 1.82) is 0 Å². The third-order valence-electron chi connectivity index (χ3n) is 6.23. The van der Waals surface area contributed by atoms with Crippen molar-refractivity contribution in [3.8, 4) is 0 Å². The monoisotopic (exact) mass is 535 g/mol. The lowest BCUT2D eigenvalue weighted by molar-refractivity contribution is -0.376. The summed E-state index contributed by atoms with van der Waals surface area (Å²) < 4.78 is 92.5. The molecule has 2 aromatic rings. The third kappa shape index (κ3) is 5.24. The molecule has 1 aliphatic rings. The summed E-state index contributed by atoms with van der Waals surface area (Å²) in [6.45, 7) is 5.86. The van der Waals surface area contributed by atoms with E-state index in [1.54, 1.807) is 30.3 Å². The van der Waals surface area contributed by atoms with E-state index in [-0.39, 0.29) is 42.8 Å². The van der Waals surface area contributed by atoms with Gasteiger partial charge >= 0.3 is 12.4 Å². The number of carbonyl (C=O) groups excluding carboxylic acids is 1. The van der Waals surface area contributed by atoms with Crippen LogP contribution in [0.4, 0.5) is 26.3 Å². The number of halogens is 6. The molecule has 2 aromatic carbocycles. The highest BCUT2D eigenvalue weighted by Gasteiger charge is 2.71. The van der Waals surface area contributed by atoms with Crippen LogP contribution in [-0.2, 0) is 26.3 Å². The predicted molar refractivity (Wildman–Crippen MR) is 122 cm³/mol. The van der Waals surface area contributed by atoms with Crippen molar-refractivity contribution in [2.45, 2.75) is 61.2 Å². The lowest BCUT2D eigenvalue weighted by Crippen LogP contribution is -2.54. The molecule has 0 bridgehead atoms. The first kappa shape index (κ1) is 28.3. The minimum atomic E-state index is -6.01. The Morgan fingerprint density at radius 2 is 1.50 bits per heavy atom. The molecule has 11 heteroatoms. The molecular formula is C25H27F6NO3S. The van der Waals surface area contributed by atoms with Gasteiger partial charge in [-0.15, -0.1) is 0 Å². The zero-order valence-electron chi connectivity index (χ0n) is 19.9. The Hall–Kier alpha value is -2.24. The van der Waals surface area contributed by atoms with Crippen LogP contribution in [0.25, 0.3) is 0 Å². The second-order valence-corrected chi connectivity index (χ2v) is 12.0. The van der Waals surface area contributed by atoms with Crippen LogP contribution in [0.1, 0.15) is 44.7 Å². The summed E-state index contributed by atoms with van der Waals surface area (Å²) in [6.07, 6.45) is -11.6. The van der Waals surface area contributed by atoms with Crippen LogP contribution in [0.5, 0.6) is 0 Å². The van der Waals surface area contributed by atoms with Crippen molar-refractivity contribution in [1.82, 2.24) is 4.90 Å². The molecule has 36 heavy (non-hydrogen) atoms. The maximum atomic E-state index is 13.8. The molecule has 0 saturated carbocycles. The second-order valence-electron chi connectivity index (χ2n) is 10.2. The van der Waals surface area contributed by atoms with Crippen LogP contribution in [0.2, 0.25) is 0 Å². The Morgan fingerprint density at radius 3 is 1.97 bits per heavy atom. The first-order chi connectivity index (χ1) is 16.4. The number of carbonyl (C=O) groups is 1. The van der Waals surface area contributed by atoms with Gasteiger partial charge in [0.25, 0.3) is 5.60 Å². The Bertz CT molecular complexity index is 1050. The largest absolute Gasteiger partial charge is 0.611 e. The van der Waals surface area contributed by atoms with Crippen molar-refractivity contribution < 1.29 is 40.8 Å². The standard InChI is InChI=1S/C25H27F6NO3S/c1-21(2,3)15-20(33)32-14-13-22(16-32,36(35)19-7-5-4-6-8-19)17-9-11-18(12-10-17)23(34,24(26,27)28)25(29,30)31/h4-12,34H,13-16H2,1-3H3. The first-order valence-electron chi connectivity index (χ1n) is 11.1. The van der Waals surface area contributed by atoms with E-state index in [1.165, 1.54) is 4.90 Å². The summed E-state index contributed by atoms with van der Waals surface area (Å²) in [5.74, 6) is -0.186. The SMILES string of the molecule is CC(C)(C)CC(=O)N1CCC(c2ccc(C(O)(C(F)(F)F)C(F)(F)F)cc2)([S+]([O-])c2ccccc2)C1. The molecule has 0 aromatic heterocycles. The van der Waals surface area contributed by atoms with Gasteiger partial charge < -0.3 is 14.6 Å². The van der Waals surface area contributed by atoms with E-state index in [1.807, 2.05) is 20.8 Å². The molecule has 0 radical (unpaired) electrons. The highest BCUT2D eigenvalue weighted by molar-refractivity contribution is 7.92. The molecule has 198 valence electrons. The number of aliphatic hydroxyl groups is 1. The highest BCUT2D eigenvalue weighted by atomic mass is 32.2. The van der Waals surface area contributed by atoms with Crippen molar-refractivity contribution >= 4 is 17.1 Å². The van der Waals surface area contributed by atoms with E-state index in [0.717, 1.165) is 12.1 Å². The number of amides is 1. The van der Waals surface area contributed by atoms with Crippen LogP contribution in [0, 0.1) is 5.41 Å². The van der Waals surface area contributed by atoms with E-state index in [0.29, 0.717) is 17.0 Å². The van der Waals surface area contributed by atoms with Gasteiger partial charge in [-0.3, -0.25) is 4.79 Å². The number of hydrogen-bond donors (Lipinski definition) is 1. The average molecular weight is 536 g/mol. The number of benzene rings is 2. The maximum absolute atomic E-state index is 13.8. The van der Waals surface area contributed by atoms with Crippen molar-refractivity contribution in [2.24, 2.45) is 5.41 Å². The fourth-order valence-corrected chi connectivity index (χ4v) is 6.08. The van der Waals surface area contributed by atoms with Gasteiger partial charge in [0.2, 0.25) is 5.91 Å². The summed E-state index contributed by atoms with van der Waals surface area (Å²) >= 11 is -1.79. The van der Waals surface area contributed by atoms with Gasteiger partial charge in [-0.1, -0.05) is 63.2 Å². The quantitative estimate of drug-likeness (QED) is 0.397. The predicted octanol–water partition coefficient (Wildman–Crippen LogP) is 5.67. The summed E-state index contributed by atoms with van der Waals surface area (Å²) in [7, 11) is 0. The molecule has 1 amide bonds. The Kier molecular flexibility index (Phi) is 7.53. The lowest BCUT2D eigenvalue weighted by atomic mass is 9.89. The summed E-state index contributed by atoms with van der Waals surface area (Å²) in [6, 6.07) is 11.4. The molecule has 2 unspecified atom stereocenters. The molecule has 3 rings (SSSR count). The van der Waals surface area contributed by atoms with Crippen molar-refractivity contribution in [3.63, 3.8) is 0 Å². The number of hydrogen-bond acceptors (Lipinski definition) is 3. The lowest BCUT2D eigenvalue weighted by Gasteiger charge is -2.34. The van der Waals surface area contributed by atoms with Gasteiger partial charge in [0, 0.05) is 30.5 Å². The molecule has 1 aliphatic heterocycles. The summed E-state index contributed by atoms with van der Waals surface area (Å²) in [5, 5.41) is 9.72. The number of alkyl halides is 6. The van der Waals surface area contributed by atoms with E-state index in [4.69, 9.17) is 0 Å². The Balaban J connectivity index is 2.06. The Morgan fingerprint density at radius 1 is 0.972 bits per heavy atom. The molecule has 1 saturated heterocycles. The molecule has 1 heterocycles. The zero-order valence-corrected chi connectivity index (χ0v) is 20.7. The minimum Gasteiger partial charge on any atom is -0.611 e. The molecule has 0 spiro atoms. The molecule has 1 N–H and O–H groups in total. The van der Waals surface area contributed by atoms with Crippen LogP contribution >= 0.6 is 0 Å². The van der Waals surface area contributed by atoms with Gasteiger partial charge in [-0.05, 0) is 28.7 Å². The van der Waals surface area contributed by atoms with Gasteiger partial charge in [0.1, 0.15) is 0 Å². The van der Waals surface area contributed by atoms with Crippen LogP contribution in [-0.4, -0.2) is 45.9 Å². The fraction of sp³-hybridized carbons (Fsp3) is 0.480. The number of nitrogens with zero attached hydrogens (tertiary/aromatic N) is 1. The normalized spacial score (nSPS) is 20.5. The highest BCUT2D eigenvalue weighted by Crippen LogP contribution is 2.51. The van der Waals surface area contributed by atoms with E-state index >= 15 is 0 Å². The van der Waals surface area contributed by atoms with Crippen molar-refractivity contribution in [3.05, 3.63) is 65.7 Å². The molecule has 0 aliphatic carbocycles. The van der Waals surface area contributed by atoms with E-state index in [9.17, 15) is 40.8 Å². The molecule has 4 nitrogen and oxygen atoms in total. The molecule has 1 fully saturated rings. The maximum Gasteiger partial charge on any atom is 0.430 e. The smallest absolute Gasteiger partial charge is 0.430 e. The molecular weight excluding hydrogens is 508 g/mol. The van der Waals surface area contributed by atoms with E-state index < -0.39 is 39.4 Å². The van der Waals surface area contributed by atoms with Gasteiger partial charge in [0.15, 0.2) is 9.64 Å². The van der Waals surface area contributed by atoms with Crippen molar-refractivity contribution in [2.75, 3.05) is 13.1 Å². The topological polar surface area (TPSA) is 63.6 Å².